The minimum Gasteiger partial charge on any atom is -0.456 e. The van der Waals surface area contributed by atoms with E-state index in [9.17, 15) is 0 Å². The van der Waals surface area contributed by atoms with E-state index in [4.69, 9.17) is 13.3 Å². The molecule has 11 aromatic rings. The number of para-hydroxylation sites is 5. The lowest BCUT2D eigenvalue weighted by Crippen LogP contribution is -2.09. The fourth-order valence-corrected chi connectivity index (χ4v) is 8.09. The van der Waals surface area contributed by atoms with Gasteiger partial charge in [0, 0.05) is 49.4 Å². The van der Waals surface area contributed by atoms with Gasteiger partial charge in [-0.15, -0.1) is 0 Å². The second kappa shape index (κ2) is 11.2. The molecule has 4 heteroatoms. The van der Waals surface area contributed by atoms with E-state index in [2.05, 4.69) is 163 Å². The molecule has 0 atom stereocenters. The number of hydrogen-bond donors (Lipinski definition) is 0. The van der Waals surface area contributed by atoms with Crippen LogP contribution in [-0.2, 0) is 0 Å². The quantitative estimate of drug-likeness (QED) is 0.183. The molecule has 11 rings (SSSR count). The number of furan rings is 3. The van der Waals surface area contributed by atoms with Gasteiger partial charge in [-0.1, -0.05) is 121 Å². The molecule has 0 N–H and O–H groups in total. The zero-order valence-electron chi connectivity index (χ0n) is 27.9. The smallest absolute Gasteiger partial charge is 0.143 e. The van der Waals surface area contributed by atoms with Crippen molar-refractivity contribution in [1.29, 1.82) is 0 Å². The second-order valence-corrected chi connectivity index (χ2v) is 13.2. The summed E-state index contributed by atoms with van der Waals surface area (Å²) in [5, 5.41) is 6.43. The van der Waals surface area contributed by atoms with E-state index in [1.54, 1.807) is 0 Å². The molecule has 0 bridgehead atoms. The summed E-state index contributed by atoms with van der Waals surface area (Å²) in [6, 6.07) is 61.0. The van der Waals surface area contributed by atoms with Crippen LogP contribution in [0.25, 0.3) is 88.1 Å². The van der Waals surface area contributed by atoms with Crippen LogP contribution in [-0.4, -0.2) is 0 Å². The number of fused-ring (bicyclic) bond motifs is 9. The van der Waals surface area contributed by atoms with E-state index in [0.717, 1.165) is 105 Å². The van der Waals surface area contributed by atoms with Gasteiger partial charge in [-0.3, -0.25) is 0 Å². The predicted molar refractivity (Wildman–Crippen MR) is 214 cm³/mol. The first kappa shape index (κ1) is 28.8. The van der Waals surface area contributed by atoms with Crippen LogP contribution in [0, 0.1) is 0 Å². The minimum atomic E-state index is 0.831. The van der Waals surface area contributed by atoms with E-state index in [-0.39, 0.29) is 0 Å². The Morgan fingerprint density at radius 1 is 0.288 bits per heavy atom. The number of rotatable bonds is 5. The molecule has 3 heterocycles. The molecule has 52 heavy (non-hydrogen) atoms. The summed E-state index contributed by atoms with van der Waals surface area (Å²) in [5.74, 6) is 0. The molecule has 0 aliphatic rings. The van der Waals surface area contributed by atoms with Gasteiger partial charge in [0.15, 0.2) is 0 Å². The van der Waals surface area contributed by atoms with Crippen molar-refractivity contribution in [3.63, 3.8) is 0 Å². The molecule has 0 aliphatic heterocycles. The van der Waals surface area contributed by atoms with Gasteiger partial charge in [-0.05, 0) is 65.7 Å². The molecule has 0 amide bonds. The lowest BCUT2D eigenvalue weighted by Gasteiger charge is -2.26. The van der Waals surface area contributed by atoms with Gasteiger partial charge in [0.25, 0.3) is 0 Å². The molecule has 0 radical (unpaired) electrons. The normalized spacial score (nSPS) is 11.8. The Hall–Kier alpha value is -7.04. The highest BCUT2D eigenvalue weighted by Crippen LogP contribution is 2.48. The first-order chi connectivity index (χ1) is 25.8. The largest absolute Gasteiger partial charge is 0.456 e. The van der Waals surface area contributed by atoms with Crippen LogP contribution < -0.4 is 4.90 Å². The van der Waals surface area contributed by atoms with E-state index < -0.39 is 0 Å². The first-order valence-corrected chi connectivity index (χ1v) is 17.5. The molecule has 3 aromatic heterocycles. The number of hydrogen-bond acceptors (Lipinski definition) is 4. The highest BCUT2D eigenvalue weighted by atomic mass is 16.3. The van der Waals surface area contributed by atoms with Crippen molar-refractivity contribution in [1.82, 2.24) is 0 Å². The Morgan fingerprint density at radius 2 is 0.712 bits per heavy atom. The maximum absolute atomic E-state index is 6.84. The molecular weight excluding hydrogens is 639 g/mol. The highest BCUT2D eigenvalue weighted by Gasteiger charge is 2.23. The summed E-state index contributed by atoms with van der Waals surface area (Å²) >= 11 is 0. The molecule has 4 nitrogen and oxygen atoms in total. The van der Waals surface area contributed by atoms with Crippen LogP contribution in [0.2, 0.25) is 0 Å². The summed E-state index contributed by atoms with van der Waals surface area (Å²) in [6.45, 7) is 0. The minimum absolute atomic E-state index is 0.831. The van der Waals surface area contributed by atoms with Gasteiger partial charge >= 0.3 is 0 Å². The Morgan fingerprint density at radius 3 is 1.35 bits per heavy atom. The maximum Gasteiger partial charge on any atom is 0.143 e. The van der Waals surface area contributed by atoms with E-state index >= 15 is 0 Å². The topological polar surface area (TPSA) is 42.7 Å². The molecule has 0 aliphatic carbocycles. The lowest BCUT2D eigenvalue weighted by molar-refractivity contribution is 0.668. The third-order valence-electron chi connectivity index (χ3n) is 10.3. The monoisotopic (exact) mass is 667 g/mol. The predicted octanol–water partition coefficient (Wildman–Crippen LogP) is 14.2. The van der Waals surface area contributed by atoms with Gasteiger partial charge in [-0.25, -0.2) is 0 Å². The Kier molecular flexibility index (Phi) is 6.22. The average Bonchev–Trinajstić information content (AvgIpc) is 3.90. The van der Waals surface area contributed by atoms with Crippen LogP contribution in [0.15, 0.2) is 189 Å². The number of anilines is 3. The molecular formula is C48H29NO3. The summed E-state index contributed by atoms with van der Waals surface area (Å²) in [5.41, 5.74) is 12.5. The molecule has 0 spiro atoms. The number of nitrogens with zero attached hydrogens (tertiary/aromatic N) is 1. The zero-order valence-corrected chi connectivity index (χ0v) is 27.9. The van der Waals surface area contributed by atoms with Gasteiger partial charge in [-0.2, -0.15) is 0 Å². The van der Waals surface area contributed by atoms with Crippen LogP contribution in [0.4, 0.5) is 17.1 Å². The SMILES string of the molecule is c1ccc(N(c2ccccc2)c2cccc3oc4c(-c5cccc6oc7c(-c8cccc9oc%10ccccc%10c89)cccc7c56)cccc4c23)cc1. The third-order valence-corrected chi connectivity index (χ3v) is 10.3. The van der Waals surface area contributed by atoms with Gasteiger partial charge in [0.2, 0.25) is 0 Å². The van der Waals surface area contributed by atoms with Gasteiger partial charge in [0.1, 0.15) is 33.5 Å². The van der Waals surface area contributed by atoms with Crippen molar-refractivity contribution in [2.24, 2.45) is 0 Å². The molecule has 0 saturated heterocycles. The van der Waals surface area contributed by atoms with Gasteiger partial charge in [0.05, 0.1) is 11.1 Å². The number of benzene rings is 8. The molecule has 0 saturated carbocycles. The highest BCUT2D eigenvalue weighted by molar-refractivity contribution is 6.22. The maximum atomic E-state index is 6.84. The van der Waals surface area contributed by atoms with Crippen LogP contribution in [0.3, 0.4) is 0 Å². The van der Waals surface area contributed by atoms with E-state index in [1.165, 1.54) is 0 Å². The van der Waals surface area contributed by atoms with E-state index in [0.29, 0.717) is 0 Å². The first-order valence-electron chi connectivity index (χ1n) is 17.5. The summed E-state index contributed by atoms with van der Waals surface area (Å²) in [7, 11) is 0. The summed E-state index contributed by atoms with van der Waals surface area (Å²) in [6.07, 6.45) is 0. The van der Waals surface area contributed by atoms with Crippen molar-refractivity contribution in [3.8, 4) is 22.3 Å². The summed E-state index contributed by atoms with van der Waals surface area (Å²) < 4.78 is 19.9. The zero-order chi connectivity index (χ0) is 34.2. The fraction of sp³-hybridized carbons (Fsp3) is 0. The summed E-state index contributed by atoms with van der Waals surface area (Å²) in [4.78, 5) is 2.31. The Balaban J connectivity index is 1.15. The molecule has 244 valence electrons. The Bertz CT molecular complexity index is 3090. The fourth-order valence-electron chi connectivity index (χ4n) is 8.09. The molecule has 8 aromatic carbocycles. The third kappa shape index (κ3) is 4.21. The molecule has 0 fully saturated rings. The average molecular weight is 668 g/mol. The standard InChI is InChI=1S/C48H29NO3/c1-3-14-30(15-4-1)49(31-16-5-2-6-17-31)39-25-13-29-43-46(39)38-24-10-22-35(48(38)52-43)33-20-12-28-42-45(33)37-23-9-21-34(47(37)51-42)32-19-11-27-41-44(32)36-18-7-8-26-40(36)50-41/h1-29H. The molecule has 0 unspecified atom stereocenters. The van der Waals surface area contributed by atoms with Crippen molar-refractivity contribution in [2.75, 3.05) is 4.90 Å². The van der Waals surface area contributed by atoms with Crippen LogP contribution >= 0.6 is 0 Å². The van der Waals surface area contributed by atoms with Gasteiger partial charge < -0.3 is 18.2 Å². The lowest BCUT2D eigenvalue weighted by atomic mass is 9.95. The van der Waals surface area contributed by atoms with Crippen molar-refractivity contribution in [2.45, 2.75) is 0 Å². The van der Waals surface area contributed by atoms with Crippen LogP contribution in [0.1, 0.15) is 0 Å². The second-order valence-electron chi connectivity index (χ2n) is 13.2. The van der Waals surface area contributed by atoms with E-state index in [1.807, 2.05) is 18.2 Å². The van der Waals surface area contributed by atoms with Crippen molar-refractivity contribution >= 4 is 82.9 Å². The van der Waals surface area contributed by atoms with Crippen LogP contribution in [0.5, 0.6) is 0 Å². The van der Waals surface area contributed by atoms with Crippen molar-refractivity contribution < 1.29 is 13.3 Å². The van der Waals surface area contributed by atoms with Crippen molar-refractivity contribution in [3.05, 3.63) is 176 Å². The Labute approximate surface area is 298 Å².